The van der Waals surface area contributed by atoms with Crippen molar-refractivity contribution < 1.29 is 9.47 Å². The molecule has 0 fully saturated rings. The number of rotatable bonds is 3. The number of nitrogens with zero attached hydrogens (tertiary/aromatic N) is 1. The zero-order chi connectivity index (χ0) is 13.9. The van der Waals surface area contributed by atoms with Crippen LogP contribution in [0.1, 0.15) is 11.1 Å². The van der Waals surface area contributed by atoms with E-state index in [4.69, 9.17) is 15.2 Å². The Bertz CT molecular complexity index is 596. The molecule has 0 bridgehead atoms. The monoisotopic (exact) mass is 270 g/mol. The molecule has 1 aliphatic heterocycles. The highest BCUT2D eigenvalue weighted by molar-refractivity contribution is 5.42. The largest absolute Gasteiger partial charge is 0.497 e. The summed E-state index contributed by atoms with van der Waals surface area (Å²) in [4.78, 5) is 4.13. The van der Waals surface area contributed by atoms with Crippen LogP contribution in [0.4, 0.5) is 5.82 Å². The molecule has 20 heavy (non-hydrogen) atoms. The topological polar surface area (TPSA) is 57.4 Å². The highest BCUT2D eigenvalue weighted by Gasteiger charge is 2.20. The zero-order valence-corrected chi connectivity index (χ0v) is 11.5. The first kappa shape index (κ1) is 12.8. The Morgan fingerprint density at radius 1 is 1.35 bits per heavy atom. The normalized spacial score (nSPS) is 17.1. The van der Waals surface area contributed by atoms with Crippen molar-refractivity contribution >= 4 is 5.82 Å². The molecule has 4 nitrogen and oxygen atoms in total. The lowest BCUT2D eigenvalue weighted by atomic mass is 9.91. The van der Waals surface area contributed by atoms with E-state index in [9.17, 15) is 0 Å². The summed E-state index contributed by atoms with van der Waals surface area (Å²) < 4.78 is 11.1. The molecular formula is C16H18N2O2. The number of hydrogen-bond acceptors (Lipinski definition) is 4. The van der Waals surface area contributed by atoms with Crippen LogP contribution in [0.25, 0.3) is 0 Å². The average Bonchev–Trinajstić information content (AvgIpc) is 2.49. The molecule has 1 atom stereocenters. The number of fused-ring (bicyclic) bond motifs is 1. The summed E-state index contributed by atoms with van der Waals surface area (Å²) in [6.07, 6.45) is 3.82. The fourth-order valence-corrected chi connectivity index (χ4v) is 2.56. The first-order chi connectivity index (χ1) is 9.74. The van der Waals surface area contributed by atoms with Crippen LogP contribution in [0.15, 0.2) is 36.5 Å². The van der Waals surface area contributed by atoms with E-state index in [-0.39, 0.29) is 0 Å². The van der Waals surface area contributed by atoms with E-state index in [1.165, 1.54) is 11.1 Å². The summed E-state index contributed by atoms with van der Waals surface area (Å²) in [6, 6.07) is 9.90. The van der Waals surface area contributed by atoms with Crippen LogP contribution in [-0.2, 0) is 12.8 Å². The minimum Gasteiger partial charge on any atom is -0.497 e. The quantitative estimate of drug-likeness (QED) is 0.930. The predicted molar refractivity (Wildman–Crippen MR) is 78.0 cm³/mol. The number of pyridine rings is 1. The number of anilines is 1. The minimum atomic E-state index is 0.473. The van der Waals surface area contributed by atoms with Crippen molar-refractivity contribution in [3.05, 3.63) is 47.7 Å². The van der Waals surface area contributed by atoms with E-state index < -0.39 is 0 Å². The number of ether oxygens (including phenoxy) is 2. The van der Waals surface area contributed by atoms with Gasteiger partial charge in [0.2, 0.25) is 0 Å². The summed E-state index contributed by atoms with van der Waals surface area (Å²) in [6.45, 7) is 0.727. The molecule has 0 amide bonds. The Labute approximate surface area is 118 Å². The highest BCUT2D eigenvalue weighted by Crippen LogP contribution is 2.32. The third-order valence-corrected chi connectivity index (χ3v) is 3.63. The smallest absolute Gasteiger partial charge is 0.126 e. The van der Waals surface area contributed by atoms with E-state index in [0.29, 0.717) is 11.7 Å². The van der Waals surface area contributed by atoms with Gasteiger partial charge in [0.05, 0.1) is 13.7 Å². The fraction of sp³-hybridized carbons (Fsp3) is 0.312. The molecule has 1 aliphatic rings. The van der Waals surface area contributed by atoms with E-state index in [2.05, 4.69) is 11.1 Å². The van der Waals surface area contributed by atoms with Gasteiger partial charge in [-0.1, -0.05) is 12.1 Å². The van der Waals surface area contributed by atoms with Crippen LogP contribution in [0.5, 0.6) is 11.5 Å². The van der Waals surface area contributed by atoms with Gasteiger partial charge >= 0.3 is 0 Å². The van der Waals surface area contributed by atoms with Gasteiger partial charge in [0.15, 0.2) is 0 Å². The SMILES string of the molecule is COc1ccc2c(c1)OC[C@@H](Cc1ccc(N)nc1)C2. The Kier molecular flexibility index (Phi) is 3.46. The first-order valence-corrected chi connectivity index (χ1v) is 6.74. The van der Waals surface area contributed by atoms with Crippen molar-refractivity contribution in [2.75, 3.05) is 19.5 Å². The second-order valence-electron chi connectivity index (χ2n) is 5.15. The molecule has 1 aromatic heterocycles. The van der Waals surface area contributed by atoms with Crippen LogP contribution in [0, 0.1) is 5.92 Å². The number of nitrogens with two attached hydrogens (primary N) is 1. The first-order valence-electron chi connectivity index (χ1n) is 6.74. The van der Waals surface area contributed by atoms with Crippen molar-refractivity contribution in [2.45, 2.75) is 12.8 Å². The number of aromatic nitrogens is 1. The maximum absolute atomic E-state index is 5.85. The number of nitrogen functional groups attached to an aromatic ring is 1. The average molecular weight is 270 g/mol. The Morgan fingerprint density at radius 2 is 2.25 bits per heavy atom. The van der Waals surface area contributed by atoms with Gasteiger partial charge in [-0.15, -0.1) is 0 Å². The van der Waals surface area contributed by atoms with Crippen LogP contribution in [-0.4, -0.2) is 18.7 Å². The third-order valence-electron chi connectivity index (χ3n) is 3.63. The molecule has 0 spiro atoms. The van der Waals surface area contributed by atoms with Crippen LogP contribution >= 0.6 is 0 Å². The fourth-order valence-electron chi connectivity index (χ4n) is 2.56. The van der Waals surface area contributed by atoms with Crippen LogP contribution < -0.4 is 15.2 Å². The van der Waals surface area contributed by atoms with Crippen molar-refractivity contribution in [2.24, 2.45) is 5.92 Å². The molecular weight excluding hydrogens is 252 g/mol. The summed E-state index contributed by atoms with van der Waals surface area (Å²) in [7, 11) is 1.67. The molecule has 2 aromatic rings. The van der Waals surface area contributed by atoms with Crippen molar-refractivity contribution in [3.63, 3.8) is 0 Å². The van der Waals surface area contributed by atoms with Gasteiger partial charge in [-0.2, -0.15) is 0 Å². The minimum absolute atomic E-state index is 0.473. The molecule has 0 saturated heterocycles. The summed E-state index contributed by atoms with van der Waals surface area (Å²) in [5.41, 5.74) is 8.04. The Morgan fingerprint density at radius 3 is 3.00 bits per heavy atom. The van der Waals surface area contributed by atoms with Gasteiger partial charge < -0.3 is 15.2 Å². The lowest BCUT2D eigenvalue weighted by Gasteiger charge is -2.25. The molecule has 0 unspecified atom stereocenters. The van der Waals surface area contributed by atoms with Crippen molar-refractivity contribution in [3.8, 4) is 11.5 Å². The molecule has 4 heteroatoms. The lowest BCUT2D eigenvalue weighted by molar-refractivity contribution is 0.220. The van der Waals surface area contributed by atoms with Gasteiger partial charge in [-0.05, 0) is 36.1 Å². The van der Waals surface area contributed by atoms with E-state index in [1.54, 1.807) is 7.11 Å². The second kappa shape index (κ2) is 5.41. The molecule has 2 heterocycles. The number of hydrogen-bond donors (Lipinski definition) is 1. The van der Waals surface area contributed by atoms with Gasteiger partial charge in [-0.25, -0.2) is 4.98 Å². The standard InChI is InChI=1S/C16H18N2O2/c1-19-14-4-3-13-7-12(10-20-15(13)8-14)6-11-2-5-16(17)18-9-11/h2-5,8-9,12H,6-7,10H2,1H3,(H2,17,18)/t12-/m0/s1. The van der Waals surface area contributed by atoms with Gasteiger partial charge in [0.1, 0.15) is 17.3 Å². The lowest BCUT2D eigenvalue weighted by Crippen LogP contribution is -2.22. The van der Waals surface area contributed by atoms with Crippen LogP contribution in [0.3, 0.4) is 0 Å². The molecule has 1 aromatic carbocycles. The Hall–Kier alpha value is -2.23. The van der Waals surface area contributed by atoms with Crippen LogP contribution in [0.2, 0.25) is 0 Å². The second-order valence-corrected chi connectivity index (χ2v) is 5.15. The summed E-state index contributed by atoms with van der Waals surface area (Å²) >= 11 is 0. The number of methoxy groups -OCH3 is 1. The number of benzene rings is 1. The third kappa shape index (κ3) is 2.69. The molecule has 0 radical (unpaired) electrons. The van der Waals surface area contributed by atoms with Crippen molar-refractivity contribution in [1.82, 2.24) is 4.98 Å². The van der Waals surface area contributed by atoms with Gasteiger partial charge in [0.25, 0.3) is 0 Å². The molecule has 0 aliphatic carbocycles. The van der Waals surface area contributed by atoms with E-state index in [1.807, 2.05) is 30.5 Å². The molecule has 104 valence electrons. The summed E-state index contributed by atoms with van der Waals surface area (Å²) in [5.74, 6) is 2.81. The maximum atomic E-state index is 5.85. The van der Waals surface area contributed by atoms with E-state index >= 15 is 0 Å². The predicted octanol–water partition coefficient (Wildman–Crippen LogP) is 2.47. The Balaban J connectivity index is 1.70. The van der Waals surface area contributed by atoms with Gasteiger partial charge in [-0.3, -0.25) is 0 Å². The molecule has 0 saturated carbocycles. The molecule has 2 N–H and O–H groups in total. The van der Waals surface area contributed by atoms with E-state index in [0.717, 1.165) is 30.9 Å². The maximum Gasteiger partial charge on any atom is 0.126 e. The highest BCUT2D eigenvalue weighted by atomic mass is 16.5. The summed E-state index contributed by atoms with van der Waals surface area (Å²) in [5, 5.41) is 0. The van der Waals surface area contributed by atoms with Crippen molar-refractivity contribution in [1.29, 1.82) is 0 Å². The zero-order valence-electron chi connectivity index (χ0n) is 11.5. The van der Waals surface area contributed by atoms with Gasteiger partial charge in [0, 0.05) is 18.2 Å². The molecule has 3 rings (SSSR count).